The number of nitrogens with zero attached hydrogens (tertiary/aromatic N) is 6. The van der Waals surface area contributed by atoms with Crippen molar-refractivity contribution in [3.8, 4) is 39.5 Å². The zero-order chi connectivity index (χ0) is 73.2. The van der Waals surface area contributed by atoms with E-state index in [1.807, 2.05) is 78.9 Å². The van der Waals surface area contributed by atoms with Gasteiger partial charge in [0.05, 0.1) is 56.3 Å². The molecule has 9 heterocycles. The molecule has 0 radical (unpaired) electrons. The number of rotatable bonds is 9. The number of esters is 3. The van der Waals surface area contributed by atoms with Crippen LogP contribution in [-0.4, -0.2) is 183 Å². The van der Waals surface area contributed by atoms with E-state index >= 15 is 0 Å². The van der Waals surface area contributed by atoms with Gasteiger partial charge in [-0.15, -0.1) is 0 Å². The van der Waals surface area contributed by atoms with Gasteiger partial charge in [-0.1, -0.05) is 64.5 Å². The van der Waals surface area contributed by atoms with Crippen LogP contribution in [-0.2, 0) is 59.4 Å². The molecule has 0 aromatic heterocycles. The third-order valence-electron chi connectivity index (χ3n) is 19.8. The van der Waals surface area contributed by atoms with Gasteiger partial charge in [-0.05, 0) is 166 Å². The van der Waals surface area contributed by atoms with Gasteiger partial charge in [-0.25, -0.2) is 29.4 Å². The number of amides is 3. The first-order valence-corrected chi connectivity index (χ1v) is 35.1. The number of nitrogens with two attached hydrogens (primary N) is 3. The van der Waals surface area contributed by atoms with Gasteiger partial charge < -0.3 is 69.9 Å². The molecule has 6 spiro atoms. The van der Waals surface area contributed by atoms with Crippen LogP contribution in [0.15, 0.2) is 147 Å². The maximum atomic E-state index is 13.5. The van der Waals surface area contributed by atoms with Crippen molar-refractivity contribution in [3.05, 3.63) is 165 Å². The second kappa shape index (κ2) is 29.6. The molecule has 3 fully saturated rings. The number of likely N-dealkylation sites (N-methyl/N-ethyl adjacent to an activating group) is 3. The Kier molecular flexibility index (Phi) is 21.0. The maximum Gasteiger partial charge on any atom is 0.488 e. The summed E-state index contributed by atoms with van der Waals surface area (Å²) in [4.78, 5) is 93.9. The van der Waals surface area contributed by atoms with Crippen molar-refractivity contribution < 1.29 is 81.4 Å². The van der Waals surface area contributed by atoms with Gasteiger partial charge in [0.2, 0.25) is 0 Å². The Hall–Kier alpha value is -9.71. The third-order valence-corrected chi connectivity index (χ3v) is 20.3. The van der Waals surface area contributed by atoms with Crippen LogP contribution < -0.4 is 36.9 Å². The lowest BCUT2D eigenvalue weighted by Crippen LogP contribution is -2.55. The van der Waals surface area contributed by atoms with Gasteiger partial charge in [0.25, 0.3) is 17.7 Å². The number of guanidine groups is 3. The number of carbonyl (C=O) groups is 6. The van der Waals surface area contributed by atoms with E-state index in [9.17, 15) is 28.8 Å². The number of hydrogen-bond acceptors (Lipinski definition) is 23. The van der Waals surface area contributed by atoms with E-state index in [4.69, 9.17) is 79.9 Å². The summed E-state index contributed by atoms with van der Waals surface area (Å²) in [6, 6.07) is 37.6. The molecular weight excluding hydrogens is 1390 g/mol. The molecular formula is C75H83BBrN9O17. The molecule has 28 heteroatoms. The molecule has 3 amide bonds. The molecule has 8 N–H and O–H groups in total. The molecule has 3 saturated heterocycles. The van der Waals surface area contributed by atoms with Gasteiger partial charge >= 0.3 is 25.0 Å². The standard InChI is InChI=1S/2C25H27N3O5.C16H18BrN3O3.C9H11BO4/c2*1-3-32-21(29)18-7-4-6-16(12-18)17-8-9-20-19(13-17)25(22(30)28(2)23(26)27-25)14-24(33-20)10-5-11-31-15-24;1-20-13(21)16(19-14(20)18)8-15(5-2-6-22-9-15)23-12-4-3-10(17)7-11(12)16;1-2-14-9(11)7-4-3-5-8(6-7)10(12)13/h2*4,6-9,12-13H,3,5,10-11,14-15H2,1-2H3,(H2,26,27);3-4,7H,2,5-6,8-9H2,1H3,(H2,18,19);3-6,12-13H,2H2,1H3/t24-,25+;24-,25-;;/m10../s1. The van der Waals surface area contributed by atoms with Crippen molar-refractivity contribution in [2.75, 3.05) is 80.6 Å². The summed E-state index contributed by atoms with van der Waals surface area (Å²) in [5, 5.41) is 17.7. The van der Waals surface area contributed by atoms with E-state index in [-0.39, 0.29) is 53.0 Å². The van der Waals surface area contributed by atoms with Crippen LogP contribution in [0.5, 0.6) is 17.2 Å². The van der Waals surface area contributed by atoms with Crippen LogP contribution >= 0.6 is 15.9 Å². The molecule has 0 bridgehead atoms. The molecule has 103 heavy (non-hydrogen) atoms. The molecule has 0 saturated carbocycles. The normalized spacial score (nSPS) is 25.4. The Balaban J connectivity index is 0.000000135. The summed E-state index contributed by atoms with van der Waals surface area (Å²) in [6.45, 7) is 9.54. The summed E-state index contributed by atoms with van der Waals surface area (Å²) in [5.74, 6) is 0.859. The highest BCUT2D eigenvalue weighted by Crippen LogP contribution is 2.55. The topological polar surface area (TPSA) is 351 Å². The lowest BCUT2D eigenvalue weighted by Gasteiger charge is -2.46. The largest absolute Gasteiger partial charge is 0.488 e. The van der Waals surface area contributed by atoms with Crippen molar-refractivity contribution in [3.63, 3.8) is 0 Å². The molecule has 6 atom stereocenters. The Morgan fingerprint density at radius 2 is 0.806 bits per heavy atom. The van der Waals surface area contributed by atoms with Crippen molar-refractivity contribution in [2.24, 2.45) is 32.2 Å². The quantitative estimate of drug-likeness (QED) is 0.0553. The van der Waals surface area contributed by atoms with Crippen LogP contribution in [0.4, 0.5) is 0 Å². The smallest absolute Gasteiger partial charge is 0.484 e. The van der Waals surface area contributed by atoms with Crippen molar-refractivity contribution in [1.82, 2.24) is 14.7 Å². The molecule has 6 aromatic carbocycles. The predicted molar refractivity (Wildman–Crippen MR) is 384 cm³/mol. The number of carbonyl (C=O) groups excluding carboxylic acids is 6. The van der Waals surface area contributed by atoms with E-state index in [2.05, 4.69) is 20.9 Å². The highest BCUT2D eigenvalue weighted by Gasteiger charge is 2.62. The van der Waals surface area contributed by atoms with Crippen molar-refractivity contribution in [1.29, 1.82) is 0 Å². The molecule has 540 valence electrons. The number of aliphatic imine (C=N–C) groups is 3. The molecule has 9 aliphatic heterocycles. The van der Waals surface area contributed by atoms with Crippen LogP contribution in [0.2, 0.25) is 0 Å². The maximum absolute atomic E-state index is 13.5. The van der Waals surface area contributed by atoms with E-state index in [1.54, 1.807) is 78.3 Å². The van der Waals surface area contributed by atoms with Crippen LogP contribution in [0.1, 0.15) is 126 Å². The van der Waals surface area contributed by atoms with E-state index < -0.39 is 46.5 Å². The van der Waals surface area contributed by atoms with Crippen molar-refractivity contribution >= 4 is 82.0 Å². The van der Waals surface area contributed by atoms with E-state index in [0.717, 1.165) is 77.4 Å². The lowest BCUT2D eigenvalue weighted by atomic mass is 9.74. The average molecular weight is 1470 g/mol. The Bertz CT molecular complexity index is 4220. The second-order valence-electron chi connectivity index (χ2n) is 26.8. The predicted octanol–water partition coefficient (Wildman–Crippen LogP) is 6.99. The number of benzene rings is 6. The summed E-state index contributed by atoms with van der Waals surface area (Å²) in [7, 11) is 3.38. The first kappa shape index (κ1) is 73.1. The van der Waals surface area contributed by atoms with Gasteiger partial charge in [0.15, 0.2) is 34.5 Å². The van der Waals surface area contributed by atoms with Crippen LogP contribution in [0, 0.1) is 0 Å². The monoisotopic (exact) mass is 1470 g/mol. The fourth-order valence-corrected chi connectivity index (χ4v) is 15.2. The van der Waals surface area contributed by atoms with E-state index in [1.165, 1.54) is 26.8 Å². The van der Waals surface area contributed by atoms with Crippen LogP contribution in [0.25, 0.3) is 22.3 Å². The molecule has 6 aromatic rings. The zero-order valence-corrected chi connectivity index (χ0v) is 59.8. The minimum absolute atomic E-state index is 0.109. The molecule has 2 unspecified atom stereocenters. The fraction of sp³-hybridized carbons (Fsp3) is 0.400. The summed E-state index contributed by atoms with van der Waals surface area (Å²) < 4.78 is 52.3. The number of hydrogen-bond donors (Lipinski definition) is 5. The van der Waals surface area contributed by atoms with Crippen molar-refractivity contribution in [2.45, 2.75) is 112 Å². The van der Waals surface area contributed by atoms with Gasteiger partial charge in [0, 0.05) is 81.4 Å². The zero-order valence-electron chi connectivity index (χ0n) is 58.2. The van der Waals surface area contributed by atoms with Crippen LogP contribution in [0.3, 0.4) is 0 Å². The van der Waals surface area contributed by atoms with Gasteiger partial charge in [-0.3, -0.25) is 29.1 Å². The minimum atomic E-state index is -1.57. The summed E-state index contributed by atoms with van der Waals surface area (Å²) in [5.41, 5.74) is 20.0. The minimum Gasteiger partial charge on any atom is -0.484 e. The summed E-state index contributed by atoms with van der Waals surface area (Å²) in [6.07, 6.45) is 6.20. The lowest BCUT2D eigenvalue weighted by molar-refractivity contribution is -0.139. The average Bonchev–Trinajstić information content (AvgIpc) is 1.67. The molecule has 9 aliphatic rings. The number of ether oxygens (including phenoxy) is 9. The van der Waals surface area contributed by atoms with Gasteiger partial charge in [0.1, 0.15) is 34.1 Å². The molecule has 15 rings (SSSR count). The SMILES string of the molecule is CCOC(=O)c1cccc(-c2ccc3c(c2)[C@]2(C[C@@]4(CCCOC4)O3)N=C(N)N(C)C2=O)c1.CCOC(=O)c1cccc(-c2ccc3c(c2)[C@]2(C[C@]4(CCCOC4)O3)N=C(N)N(C)C2=O)c1.CCOC(=O)c1cccc(B(O)O)c1.CN1C(=O)C2(CC3(CCCOC3)Oc3ccc(Br)cc32)N=C1N. The highest BCUT2D eigenvalue weighted by atomic mass is 79.9. The van der Waals surface area contributed by atoms with Gasteiger partial charge in [-0.2, -0.15) is 0 Å². The Morgan fingerprint density at radius 3 is 1.13 bits per heavy atom. The Morgan fingerprint density at radius 1 is 0.476 bits per heavy atom. The number of halogens is 1. The number of fused-ring (bicyclic) bond motifs is 6. The molecule has 26 nitrogen and oxygen atoms in total. The highest BCUT2D eigenvalue weighted by molar-refractivity contribution is 9.10. The molecule has 0 aliphatic carbocycles. The summed E-state index contributed by atoms with van der Waals surface area (Å²) >= 11 is 3.47. The second-order valence-corrected chi connectivity index (χ2v) is 27.7. The Labute approximate surface area is 604 Å². The third kappa shape index (κ3) is 14.2. The first-order valence-electron chi connectivity index (χ1n) is 34.3. The fourth-order valence-electron chi connectivity index (χ4n) is 14.9. The van der Waals surface area contributed by atoms with E-state index in [0.29, 0.717) is 117 Å². The first-order chi connectivity index (χ1) is 49.3.